The number of carbonyl (C=O) groups excluding carboxylic acids is 1. The lowest BCUT2D eigenvalue weighted by atomic mass is 10.0. The van der Waals surface area contributed by atoms with E-state index in [1.807, 2.05) is 45.9 Å². The Morgan fingerprint density at radius 3 is 2.52 bits per heavy atom. The molecule has 0 fully saturated rings. The van der Waals surface area contributed by atoms with Crippen LogP contribution < -0.4 is 10.2 Å². The summed E-state index contributed by atoms with van der Waals surface area (Å²) in [4.78, 5) is 14.0. The van der Waals surface area contributed by atoms with Gasteiger partial charge in [-0.2, -0.15) is 0 Å². The fourth-order valence-electron chi connectivity index (χ4n) is 2.42. The van der Waals surface area contributed by atoms with E-state index < -0.39 is 11.2 Å². The van der Waals surface area contributed by atoms with Gasteiger partial charge in [0.2, 0.25) is 0 Å². The predicted molar refractivity (Wildman–Crippen MR) is 93.1 cm³/mol. The summed E-state index contributed by atoms with van der Waals surface area (Å²) in [5.41, 5.74) is 1.67. The van der Waals surface area contributed by atoms with Gasteiger partial charge in [0.1, 0.15) is 5.60 Å². The monoisotopic (exact) mass is 320 g/mol. The summed E-state index contributed by atoms with van der Waals surface area (Å²) >= 11 is 0. The summed E-state index contributed by atoms with van der Waals surface area (Å²) in [5, 5.41) is 13.3. The molecule has 1 amide bonds. The van der Waals surface area contributed by atoms with Crippen molar-refractivity contribution in [2.45, 2.75) is 65.2 Å². The Kier molecular flexibility index (Phi) is 4.62. The van der Waals surface area contributed by atoms with Crippen LogP contribution >= 0.6 is 0 Å². The Labute approximate surface area is 138 Å². The van der Waals surface area contributed by atoms with Gasteiger partial charge in [-0.25, -0.2) is 4.79 Å². The van der Waals surface area contributed by atoms with E-state index in [0.29, 0.717) is 6.54 Å². The van der Waals surface area contributed by atoms with Gasteiger partial charge in [0, 0.05) is 12.2 Å². The van der Waals surface area contributed by atoms with Gasteiger partial charge in [-0.1, -0.05) is 0 Å². The van der Waals surface area contributed by atoms with Gasteiger partial charge in [0.15, 0.2) is 0 Å². The second kappa shape index (κ2) is 6.04. The van der Waals surface area contributed by atoms with Gasteiger partial charge >= 0.3 is 6.09 Å². The number of benzene rings is 1. The number of carbonyl (C=O) groups is 1. The first-order valence-electron chi connectivity index (χ1n) is 8.10. The lowest BCUT2D eigenvalue weighted by Gasteiger charge is -2.28. The van der Waals surface area contributed by atoms with Gasteiger partial charge in [0.05, 0.1) is 17.3 Å². The van der Waals surface area contributed by atoms with Crippen LogP contribution in [0.15, 0.2) is 18.2 Å². The maximum Gasteiger partial charge on any atom is 0.414 e. The van der Waals surface area contributed by atoms with Crippen LogP contribution in [0.5, 0.6) is 0 Å². The van der Waals surface area contributed by atoms with E-state index in [9.17, 15) is 9.90 Å². The molecule has 0 radical (unpaired) electrons. The van der Waals surface area contributed by atoms with E-state index >= 15 is 0 Å². The number of anilines is 2. The van der Waals surface area contributed by atoms with Crippen molar-refractivity contribution in [1.29, 1.82) is 0 Å². The summed E-state index contributed by atoms with van der Waals surface area (Å²) in [6.07, 6.45) is 0.503. The van der Waals surface area contributed by atoms with Crippen molar-refractivity contribution >= 4 is 17.5 Å². The summed E-state index contributed by atoms with van der Waals surface area (Å²) < 4.78 is 5.46. The van der Waals surface area contributed by atoms with Crippen LogP contribution in [0.3, 0.4) is 0 Å². The van der Waals surface area contributed by atoms with E-state index in [2.05, 4.69) is 5.32 Å². The molecule has 1 aromatic rings. The average molecular weight is 320 g/mol. The number of rotatable bonds is 3. The van der Waals surface area contributed by atoms with Crippen LogP contribution in [-0.2, 0) is 11.2 Å². The van der Waals surface area contributed by atoms with Crippen LogP contribution in [0, 0.1) is 0 Å². The summed E-state index contributed by atoms with van der Waals surface area (Å²) in [5.74, 6) is 0. The Morgan fingerprint density at radius 2 is 1.96 bits per heavy atom. The lowest BCUT2D eigenvalue weighted by molar-refractivity contribution is 0.0583. The molecule has 1 atom stereocenters. The molecule has 0 spiro atoms. The number of nitrogens with zero attached hydrogens (tertiary/aromatic N) is 1. The maximum absolute atomic E-state index is 12.3. The summed E-state index contributed by atoms with van der Waals surface area (Å²) in [6, 6.07) is 5.83. The van der Waals surface area contributed by atoms with E-state index in [1.165, 1.54) is 0 Å². The first-order chi connectivity index (χ1) is 10.5. The highest BCUT2D eigenvalue weighted by Gasteiger charge is 2.29. The summed E-state index contributed by atoms with van der Waals surface area (Å²) in [7, 11) is 0. The average Bonchev–Trinajstić information content (AvgIpc) is 2.78. The van der Waals surface area contributed by atoms with Gasteiger partial charge in [-0.05, 0) is 71.7 Å². The SMILES string of the molecule is CC(Nc1ccc2c(c1)CCN2C(=O)OC(C)(C)C)C(C)(C)O. The Morgan fingerprint density at radius 1 is 1.30 bits per heavy atom. The van der Waals surface area contributed by atoms with Crippen molar-refractivity contribution in [2.75, 3.05) is 16.8 Å². The second-order valence-electron chi connectivity index (χ2n) is 7.75. The Hall–Kier alpha value is -1.75. The minimum atomic E-state index is -0.804. The Balaban J connectivity index is 2.13. The normalized spacial score (nSPS) is 16.0. The Bertz CT molecular complexity index is 585. The maximum atomic E-state index is 12.3. The van der Waals surface area contributed by atoms with E-state index in [0.717, 1.165) is 23.4 Å². The highest BCUT2D eigenvalue weighted by atomic mass is 16.6. The van der Waals surface area contributed by atoms with Crippen molar-refractivity contribution in [3.63, 3.8) is 0 Å². The van der Waals surface area contributed by atoms with Crippen LogP contribution in [0.1, 0.15) is 47.1 Å². The molecule has 0 saturated heterocycles. The fraction of sp³-hybridized carbons (Fsp3) is 0.611. The van der Waals surface area contributed by atoms with Crippen LogP contribution in [0.2, 0.25) is 0 Å². The molecular weight excluding hydrogens is 292 g/mol. The first kappa shape index (κ1) is 17.6. The molecule has 128 valence electrons. The van der Waals surface area contributed by atoms with Gasteiger partial charge in [0.25, 0.3) is 0 Å². The molecule has 1 aliphatic rings. The zero-order chi connectivity index (χ0) is 17.4. The number of nitrogens with one attached hydrogen (secondary N) is 1. The van der Waals surface area contributed by atoms with E-state index in [-0.39, 0.29) is 12.1 Å². The smallest absolute Gasteiger partial charge is 0.414 e. The zero-order valence-electron chi connectivity index (χ0n) is 14.9. The second-order valence-corrected chi connectivity index (χ2v) is 7.75. The molecule has 1 aromatic carbocycles. The number of hydrogen-bond donors (Lipinski definition) is 2. The quantitative estimate of drug-likeness (QED) is 0.894. The van der Waals surface area contributed by atoms with Crippen molar-refractivity contribution in [3.05, 3.63) is 23.8 Å². The molecule has 1 heterocycles. The van der Waals surface area contributed by atoms with Gasteiger partial charge in [-0.3, -0.25) is 4.90 Å². The topological polar surface area (TPSA) is 61.8 Å². The molecule has 2 rings (SSSR count). The molecule has 0 saturated carbocycles. The molecular formula is C18H28N2O3. The standard InChI is InChI=1S/C18H28N2O3/c1-12(18(5,6)22)19-14-7-8-15-13(11-14)9-10-20(15)16(21)23-17(2,3)4/h7-8,11-12,19,22H,9-10H2,1-6H3. The minimum absolute atomic E-state index is 0.0797. The number of aliphatic hydroxyl groups is 1. The molecule has 0 aromatic heterocycles. The third-order valence-corrected chi connectivity index (χ3v) is 4.03. The molecule has 0 aliphatic carbocycles. The minimum Gasteiger partial charge on any atom is -0.443 e. The molecule has 1 unspecified atom stereocenters. The van der Waals surface area contributed by atoms with Crippen molar-refractivity contribution in [2.24, 2.45) is 0 Å². The number of amides is 1. The molecule has 2 N–H and O–H groups in total. The number of ether oxygens (including phenoxy) is 1. The highest BCUT2D eigenvalue weighted by Crippen LogP contribution is 2.32. The fourth-order valence-corrected chi connectivity index (χ4v) is 2.42. The highest BCUT2D eigenvalue weighted by molar-refractivity contribution is 5.91. The molecule has 1 aliphatic heterocycles. The largest absolute Gasteiger partial charge is 0.443 e. The van der Waals surface area contributed by atoms with Crippen molar-refractivity contribution < 1.29 is 14.6 Å². The molecule has 5 heteroatoms. The van der Waals surface area contributed by atoms with E-state index in [1.54, 1.807) is 18.7 Å². The third-order valence-electron chi connectivity index (χ3n) is 4.03. The zero-order valence-corrected chi connectivity index (χ0v) is 14.9. The van der Waals surface area contributed by atoms with Crippen LogP contribution in [-0.4, -0.2) is 35.0 Å². The van der Waals surface area contributed by atoms with Crippen molar-refractivity contribution in [3.8, 4) is 0 Å². The first-order valence-corrected chi connectivity index (χ1v) is 8.10. The van der Waals surface area contributed by atoms with Crippen molar-refractivity contribution in [1.82, 2.24) is 0 Å². The molecule has 5 nitrogen and oxygen atoms in total. The van der Waals surface area contributed by atoms with Gasteiger partial charge in [-0.15, -0.1) is 0 Å². The number of hydrogen-bond acceptors (Lipinski definition) is 4. The van der Waals surface area contributed by atoms with Gasteiger partial charge < -0.3 is 15.2 Å². The summed E-state index contributed by atoms with van der Waals surface area (Å²) in [6.45, 7) is 11.7. The van der Waals surface area contributed by atoms with Crippen LogP contribution in [0.4, 0.5) is 16.2 Å². The number of fused-ring (bicyclic) bond motifs is 1. The molecule has 23 heavy (non-hydrogen) atoms. The third kappa shape index (κ3) is 4.38. The predicted octanol–water partition coefficient (Wildman–Crippen LogP) is 3.56. The van der Waals surface area contributed by atoms with E-state index in [4.69, 9.17) is 4.74 Å². The lowest BCUT2D eigenvalue weighted by Crippen LogP contribution is -2.39. The van der Waals surface area contributed by atoms with Crippen LogP contribution in [0.25, 0.3) is 0 Å². The molecule has 0 bridgehead atoms.